The van der Waals surface area contributed by atoms with E-state index in [2.05, 4.69) is 45.8 Å². The molecule has 0 saturated carbocycles. The Morgan fingerprint density at radius 2 is 2.00 bits per heavy atom. The molecular weight excluding hydrogens is 210 g/mol. The molecule has 0 bridgehead atoms. The van der Waals surface area contributed by atoms with Crippen LogP contribution in [0.4, 0.5) is 0 Å². The molecule has 1 aromatic heterocycles. The number of nitrogens with zero attached hydrogens (tertiary/aromatic N) is 2. The van der Waals surface area contributed by atoms with E-state index in [1.54, 1.807) is 0 Å². The van der Waals surface area contributed by atoms with Crippen molar-refractivity contribution in [1.29, 1.82) is 0 Å². The highest BCUT2D eigenvalue weighted by atomic mass is 15.3. The molecule has 1 unspecified atom stereocenters. The highest BCUT2D eigenvalue weighted by Gasteiger charge is 2.14. The first-order valence-corrected chi connectivity index (χ1v) is 6.57. The van der Waals surface area contributed by atoms with E-state index in [0.29, 0.717) is 11.5 Å². The highest BCUT2D eigenvalue weighted by molar-refractivity contribution is 5.01. The summed E-state index contributed by atoms with van der Waals surface area (Å²) in [4.78, 5) is 0. The van der Waals surface area contributed by atoms with E-state index in [9.17, 15) is 0 Å². The van der Waals surface area contributed by atoms with Gasteiger partial charge in [0.15, 0.2) is 0 Å². The zero-order chi connectivity index (χ0) is 13.1. The van der Waals surface area contributed by atoms with Gasteiger partial charge in [-0.1, -0.05) is 20.8 Å². The first kappa shape index (κ1) is 14.2. The summed E-state index contributed by atoms with van der Waals surface area (Å²) in [5.74, 6) is 0. The number of hydrogen-bond donors (Lipinski definition) is 1. The smallest absolute Gasteiger partial charge is 0.0640 e. The van der Waals surface area contributed by atoms with E-state index in [4.69, 9.17) is 5.73 Å². The summed E-state index contributed by atoms with van der Waals surface area (Å²) in [6.45, 7) is 11.0. The summed E-state index contributed by atoms with van der Waals surface area (Å²) >= 11 is 0. The number of aromatic nitrogens is 2. The lowest BCUT2D eigenvalue weighted by molar-refractivity contribution is 0.346. The molecule has 0 aliphatic carbocycles. The summed E-state index contributed by atoms with van der Waals surface area (Å²) in [5, 5.41) is 4.53. The molecule has 0 aliphatic rings. The first-order valence-electron chi connectivity index (χ1n) is 6.57. The highest BCUT2D eigenvalue weighted by Crippen LogP contribution is 2.21. The van der Waals surface area contributed by atoms with Crippen LogP contribution < -0.4 is 5.73 Å². The van der Waals surface area contributed by atoms with Crippen molar-refractivity contribution in [3.05, 3.63) is 18.0 Å². The molecule has 3 heteroatoms. The monoisotopic (exact) mass is 237 g/mol. The molecule has 0 spiro atoms. The maximum Gasteiger partial charge on any atom is 0.0640 e. The molecule has 0 amide bonds. The van der Waals surface area contributed by atoms with Gasteiger partial charge in [0, 0.05) is 24.7 Å². The third-order valence-corrected chi connectivity index (χ3v) is 2.93. The number of hydrogen-bond acceptors (Lipinski definition) is 2. The van der Waals surface area contributed by atoms with Crippen LogP contribution in [0.5, 0.6) is 0 Å². The molecule has 0 radical (unpaired) electrons. The van der Waals surface area contributed by atoms with Gasteiger partial charge in [-0.3, -0.25) is 4.68 Å². The molecule has 0 aromatic carbocycles. The van der Waals surface area contributed by atoms with Crippen LogP contribution in [-0.4, -0.2) is 15.8 Å². The van der Waals surface area contributed by atoms with E-state index in [1.807, 2.05) is 10.9 Å². The quantitative estimate of drug-likeness (QED) is 0.855. The molecule has 17 heavy (non-hydrogen) atoms. The number of rotatable bonds is 5. The van der Waals surface area contributed by atoms with Crippen molar-refractivity contribution in [3.63, 3.8) is 0 Å². The van der Waals surface area contributed by atoms with E-state index >= 15 is 0 Å². The third kappa shape index (κ3) is 5.35. The summed E-state index contributed by atoms with van der Waals surface area (Å²) in [7, 11) is 0. The van der Waals surface area contributed by atoms with Crippen molar-refractivity contribution >= 4 is 0 Å². The van der Waals surface area contributed by atoms with Crippen LogP contribution in [0.1, 0.15) is 59.2 Å². The van der Waals surface area contributed by atoms with E-state index in [-0.39, 0.29) is 6.04 Å². The van der Waals surface area contributed by atoms with Gasteiger partial charge in [-0.25, -0.2) is 0 Å². The lowest BCUT2D eigenvalue weighted by Gasteiger charge is -2.20. The fraction of sp³-hybridized carbons (Fsp3) is 0.786. The van der Waals surface area contributed by atoms with Gasteiger partial charge < -0.3 is 5.73 Å². The largest absolute Gasteiger partial charge is 0.327 e. The van der Waals surface area contributed by atoms with Crippen LogP contribution in [-0.2, 0) is 6.42 Å². The molecule has 98 valence electrons. The van der Waals surface area contributed by atoms with Crippen molar-refractivity contribution in [2.75, 3.05) is 0 Å². The Hall–Kier alpha value is -0.830. The van der Waals surface area contributed by atoms with Gasteiger partial charge in [-0.05, 0) is 38.2 Å². The van der Waals surface area contributed by atoms with Gasteiger partial charge in [0.05, 0.1) is 5.69 Å². The molecule has 1 heterocycles. The standard InChI is InChI=1S/C14H27N3/c1-11(2)17-9-7-13(16-17)10-12(15)6-8-14(3,4)5/h7,9,11-12H,6,8,10,15H2,1-5H3. The third-order valence-electron chi connectivity index (χ3n) is 2.93. The van der Waals surface area contributed by atoms with Crippen molar-refractivity contribution in [1.82, 2.24) is 9.78 Å². The van der Waals surface area contributed by atoms with Crippen molar-refractivity contribution in [2.45, 2.75) is 66.0 Å². The average Bonchev–Trinajstić information content (AvgIpc) is 2.62. The van der Waals surface area contributed by atoms with Crippen molar-refractivity contribution < 1.29 is 0 Å². The normalized spacial score (nSPS) is 14.3. The second-order valence-corrected chi connectivity index (χ2v) is 6.44. The lowest BCUT2D eigenvalue weighted by atomic mass is 9.88. The second kappa shape index (κ2) is 5.67. The van der Waals surface area contributed by atoms with Gasteiger partial charge >= 0.3 is 0 Å². The predicted molar refractivity (Wildman–Crippen MR) is 73.0 cm³/mol. The van der Waals surface area contributed by atoms with Crippen LogP contribution in [0.15, 0.2) is 12.3 Å². The maximum absolute atomic E-state index is 6.15. The second-order valence-electron chi connectivity index (χ2n) is 6.44. The summed E-state index contributed by atoms with van der Waals surface area (Å²) in [5.41, 5.74) is 7.63. The zero-order valence-corrected chi connectivity index (χ0v) is 11.9. The minimum Gasteiger partial charge on any atom is -0.327 e. The molecule has 0 saturated heterocycles. The van der Waals surface area contributed by atoms with E-state index < -0.39 is 0 Å². The first-order chi connectivity index (χ1) is 7.78. The Labute approximate surface area is 105 Å². The van der Waals surface area contributed by atoms with Gasteiger partial charge in [0.2, 0.25) is 0 Å². The number of nitrogens with two attached hydrogens (primary N) is 1. The van der Waals surface area contributed by atoms with Gasteiger partial charge in [-0.2, -0.15) is 5.10 Å². The van der Waals surface area contributed by atoms with E-state index in [1.165, 1.54) is 6.42 Å². The Bertz CT molecular complexity index is 333. The van der Waals surface area contributed by atoms with Gasteiger partial charge in [0.25, 0.3) is 0 Å². The molecule has 1 atom stereocenters. The SMILES string of the molecule is CC(C)n1ccc(CC(N)CCC(C)(C)C)n1. The Morgan fingerprint density at radius 1 is 1.35 bits per heavy atom. The fourth-order valence-corrected chi connectivity index (χ4v) is 1.76. The van der Waals surface area contributed by atoms with Crippen LogP contribution in [0, 0.1) is 5.41 Å². The van der Waals surface area contributed by atoms with Crippen molar-refractivity contribution in [2.24, 2.45) is 11.1 Å². The molecule has 1 rings (SSSR count). The molecule has 0 fully saturated rings. The minimum atomic E-state index is 0.227. The van der Waals surface area contributed by atoms with Crippen LogP contribution in [0.25, 0.3) is 0 Å². The van der Waals surface area contributed by atoms with Crippen LogP contribution >= 0.6 is 0 Å². The Balaban J connectivity index is 2.42. The lowest BCUT2D eigenvalue weighted by Crippen LogP contribution is -2.25. The minimum absolute atomic E-state index is 0.227. The summed E-state index contributed by atoms with van der Waals surface area (Å²) < 4.78 is 1.99. The molecule has 1 aromatic rings. The topological polar surface area (TPSA) is 43.8 Å². The maximum atomic E-state index is 6.15. The predicted octanol–water partition coefficient (Wildman–Crippen LogP) is 3.16. The Morgan fingerprint density at radius 3 is 2.47 bits per heavy atom. The molecular formula is C14H27N3. The zero-order valence-electron chi connectivity index (χ0n) is 11.9. The fourth-order valence-electron chi connectivity index (χ4n) is 1.76. The summed E-state index contributed by atoms with van der Waals surface area (Å²) in [6.07, 6.45) is 5.16. The summed E-state index contributed by atoms with van der Waals surface area (Å²) in [6, 6.07) is 2.73. The molecule has 3 nitrogen and oxygen atoms in total. The molecule has 0 aliphatic heterocycles. The Kier molecular flexibility index (Phi) is 4.75. The van der Waals surface area contributed by atoms with Gasteiger partial charge in [0.1, 0.15) is 0 Å². The van der Waals surface area contributed by atoms with Crippen molar-refractivity contribution in [3.8, 4) is 0 Å². The van der Waals surface area contributed by atoms with Crippen LogP contribution in [0.2, 0.25) is 0 Å². The van der Waals surface area contributed by atoms with E-state index in [0.717, 1.165) is 18.5 Å². The average molecular weight is 237 g/mol. The van der Waals surface area contributed by atoms with Gasteiger partial charge in [-0.15, -0.1) is 0 Å². The molecule has 2 N–H and O–H groups in total. The van der Waals surface area contributed by atoms with Crippen LogP contribution in [0.3, 0.4) is 0 Å².